The van der Waals surface area contributed by atoms with Crippen molar-refractivity contribution in [1.82, 2.24) is 20.0 Å². The third-order valence-electron chi connectivity index (χ3n) is 7.14. The zero-order valence-corrected chi connectivity index (χ0v) is 22.4. The van der Waals surface area contributed by atoms with Crippen molar-refractivity contribution < 1.29 is 13.2 Å². The van der Waals surface area contributed by atoms with Gasteiger partial charge in [0.2, 0.25) is 10.0 Å². The van der Waals surface area contributed by atoms with Gasteiger partial charge in [-0.25, -0.2) is 18.1 Å². The highest BCUT2D eigenvalue weighted by atomic mass is 32.2. The summed E-state index contributed by atoms with van der Waals surface area (Å²) in [6.45, 7) is 13.3. The zero-order valence-electron chi connectivity index (χ0n) is 20.8. The van der Waals surface area contributed by atoms with Crippen molar-refractivity contribution in [2.45, 2.75) is 70.9 Å². The van der Waals surface area contributed by atoms with Gasteiger partial charge in [0.05, 0.1) is 16.3 Å². The molecule has 188 valence electrons. The van der Waals surface area contributed by atoms with Gasteiger partial charge in [0.15, 0.2) is 5.13 Å². The number of nitrogens with zero attached hydrogens (tertiary/aromatic N) is 2. The number of hydrogen-bond acceptors (Lipinski definition) is 8. The van der Waals surface area contributed by atoms with Gasteiger partial charge in [0.1, 0.15) is 4.90 Å². The number of thiazole rings is 1. The van der Waals surface area contributed by atoms with Gasteiger partial charge in [-0.1, -0.05) is 25.2 Å². The largest absolute Gasteiger partial charge is 0.381 e. The fourth-order valence-corrected chi connectivity index (χ4v) is 7.51. The molecule has 8 nitrogen and oxygen atoms in total. The number of nitrogens with one attached hydrogen (secondary N) is 3. The van der Waals surface area contributed by atoms with Gasteiger partial charge in [-0.05, 0) is 64.0 Å². The summed E-state index contributed by atoms with van der Waals surface area (Å²) in [6.07, 6.45) is 4.60. The molecule has 3 N–H and O–H groups in total. The lowest BCUT2D eigenvalue weighted by Crippen LogP contribution is -2.54. The number of hydrogen-bond donors (Lipinski definition) is 3. The first kappa shape index (κ1) is 25.5. The number of aromatic nitrogens is 2. The Labute approximate surface area is 207 Å². The Bertz CT molecular complexity index is 1110. The fourth-order valence-electron chi connectivity index (χ4n) is 4.80. The van der Waals surface area contributed by atoms with Crippen LogP contribution >= 0.6 is 11.3 Å². The number of pyridine rings is 1. The lowest BCUT2D eigenvalue weighted by molar-refractivity contribution is 0.0622. The van der Waals surface area contributed by atoms with Crippen LogP contribution in [0.4, 0.5) is 5.13 Å². The number of ether oxygens (including phenoxy) is 1. The lowest BCUT2D eigenvalue weighted by atomic mass is 9.81. The Morgan fingerprint density at radius 2 is 1.94 bits per heavy atom. The van der Waals surface area contributed by atoms with Gasteiger partial charge >= 0.3 is 0 Å². The van der Waals surface area contributed by atoms with Crippen LogP contribution in [-0.4, -0.2) is 56.8 Å². The van der Waals surface area contributed by atoms with Crippen molar-refractivity contribution in [3.63, 3.8) is 0 Å². The first-order valence-electron chi connectivity index (χ1n) is 12.1. The van der Waals surface area contributed by atoms with E-state index in [2.05, 4.69) is 41.1 Å². The topological polar surface area (TPSA) is 105 Å². The second kappa shape index (κ2) is 10.2. The molecule has 4 heterocycles. The molecule has 2 saturated heterocycles. The van der Waals surface area contributed by atoms with Crippen LogP contribution in [0.5, 0.6) is 0 Å². The summed E-state index contributed by atoms with van der Waals surface area (Å²) in [5, 5.41) is 7.76. The monoisotopic (exact) mass is 507 g/mol. The van der Waals surface area contributed by atoms with Gasteiger partial charge in [0.25, 0.3) is 0 Å². The minimum atomic E-state index is -3.72. The molecule has 0 radical (unpaired) electrons. The summed E-state index contributed by atoms with van der Waals surface area (Å²) in [4.78, 5) is 10.3. The Balaban J connectivity index is 1.56. The number of anilines is 1. The minimum absolute atomic E-state index is 0.130. The molecular weight excluding hydrogens is 470 g/mol. The van der Waals surface area contributed by atoms with Gasteiger partial charge in [-0.3, -0.25) is 4.98 Å². The molecule has 2 aromatic rings. The number of sulfonamides is 1. The van der Waals surface area contributed by atoms with Crippen molar-refractivity contribution in [3.05, 3.63) is 23.7 Å². The SMILES string of the molecule is Cc1ncc(-c2sc(NC(C)C3CCOCC3)nc2C)cc1S(=O)(=O)NC1CCNCC1(C)C. The summed E-state index contributed by atoms with van der Waals surface area (Å²) >= 11 is 1.55. The lowest BCUT2D eigenvalue weighted by Gasteiger charge is -2.39. The van der Waals surface area contributed by atoms with Gasteiger partial charge in [0, 0.05) is 43.6 Å². The Morgan fingerprint density at radius 1 is 1.21 bits per heavy atom. The second-order valence-electron chi connectivity index (χ2n) is 10.3. The maximum atomic E-state index is 13.4. The normalized spacial score (nSPS) is 22.4. The number of piperidine rings is 1. The molecule has 34 heavy (non-hydrogen) atoms. The van der Waals surface area contributed by atoms with Crippen LogP contribution in [0.25, 0.3) is 10.4 Å². The molecule has 2 atom stereocenters. The summed E-state index contributed by atoms with van der Waals surface area (Å²) in [6, 6.07) is 1.91. The van der Waals surface area contributed by atoms with E-state index in [0.29, 0.717) is 17.7 Å². The van der Waals surface area contributed by atoms with Crippen molar-refractivity contribution in [2.75, 3.05) is 31.6 Å². The molecule has 4 rings (SSSR count). The number of aryl methyl sites for hydroxylation is 2. The van der Waals surface area contributed by atoms with Gasteiger partial charge in [-0.2, -0.15) is 0 Å². The van der Waals surface area contributed by atoms with Crippen LogP contribution in [0.1, 0.15) is 51.4 Å². The molecule has 2 aliphatic rings. The maximum absolute atomic E-state index is 13.4. The van der Waals surface area contributed by atoms with E-state index >= 15 is 0 Å². The van der Waals surface area contributed by atoms with E-state index in [1.54, 1.807) is 30.5 Å². The van der Waals surface area contributed by atoms with E-state index in [1.165, 1.54) is 0 Å². The third-order valence-corrected chi connectivity index (χ3v) is 9.87. The molecular formula is C24H37N5O3S2. The molecule has 0 aliphatic carbocycles. The molecule has 0 saturated carbocycles. The summed E-state index contributed by atoms with van der Waals surface area (Å²) < 4.78 is 35.2. The second-order valence-corrected chi connectivity index (χ2v) is 12.9. The highest BCUT2D eigenvalue weighted by Crippen LogP contribution is 2.35. The molecule has 10 heteroatoms. The first-order chi connectivity index (χ1) is 16.1. The standard InChI is InChI=1S/C24H37N5O3S2/c1-15(18-7-10-32-11-8-18)27-23-28-17(3)22(33-23)19-12-20(16(2)26-13-19)34(30,31)29-21-6-9-25-14-24(21,4)5/h12-13,15,18,21,25,29H,6-11,14H2,1-5H3,(H,27,28). The predicted molar refractivity (Wildman–Crippen MR) is 137 cm³/mol. The predicted octanol–water partition coefficient (Wildman–Crippen LogP) is 3.72. The van der Waals surface area contributed by atoms with Crippen molar-refractivity contribution >= 4 is 26.5 Å². The van der Waals surface area contributed by atoms with Crippen molar-refractivity contribution in [3.8, 4) is 10.4 Å². The average Bonchev–Trinajstić information content (AvgIpc) is 3.15. The van der Waals surface area contributed by atoms with Crippen LogP contribution < -0.4 is 15.4 Å². The van der Waals surface area contributed by atoms with E-state index < -0.39 is 10.0 Å². The first-order valence-corrected chi connectivity index (χ1v) is 14.4. The summed E-state index contributed by atoms with van der Waals surface area (Å²) in [7, 11) is -3.72. The van der Waals surface area contributed by atoms with Gasteiger partial charge in [-0.15, -0.1) is 0 Å². The molecule has 2 aliphatic heterocycles. The minimum Gasteiger partial charge on any atom is -0.381 e. The fraction of sp³-hybridized carbons (Fsp3) is 0.667. The van der Waals surface area contributed by atoms with Crippen LogP contribution in [-0.2, 0) is 14.8 Å². The summed E-state index contributed by atoms with van der Waals surface area (Å²) in [5.41, 5.74) is 1.97. The Kier molecular flexibility index (Phi) is 7.64. The van der Waals surface area contributed by atoms with Crippen LogP contribution in [0, 0.1) is 25.2 Å². The maximum Gasteiger partial charge on any atom is 0.242 e. The van der Waals surface area contributed by atoms with E-state index in [-0.39, 0.29) is 16.4 Å². The third kappa shape index (κ3) is 5.62. The highest BCUT2D eigenvalue weighted by molar-refractivity contribution is 7.89. The molecule has 0 aromatic carbocycles. The molecule has 0 spiro atoms. The molecule has 0 amide bonds. The highest BCUT2D eigenvalue weighted by Gasteiger charge is 2.36. The van der Waals surface area contributed by atoms with Crippen molar-refractivity contribution in [2.24, 2.45) is 11.3 Å². The Morgan fingerprint density at radius 3 is 2.65 bits per heavy atom. The van der Waals surface area contributed by atoms with Crippen LogP contribution in [0.15, 0.2) is 17.2 Å². The number of rotatable bonds is 7. The molecule has 2 fully saturated rings. The zero-order chi connectivity index (χ0) is 24.5. The smallest absolute Gasteiger partial charge is 0.242 e. The molecule has 2 aromatic heterocycles. The van der Waals surface area contributed by atoms with E-state index in [1.807, 2.05) is 6.92 Å². The quantitative estimate of drug-likeness (QED) is 0.525. The average molecular weight is 508 g/mol. The molecule has 0 bridgehead atoms. The summed E-state index contributed by atoms with van der Waals surface area (Å²) in [5.74, 6) is 0.560. The van der Waals surface area contributed by atoms with Crippen LogP contribution in [0.2, 0.25) is 0 Å². The van der Waals surface area contributed by atoms with Gasteiger partial charge < -0.3 is 15.4 Å². The Hall–Kier alpha value is -1.59. The van der Waals surface area contributed by atoms with E-state index in [0.717, 1.165) is 66.8 Å². The van der Waals surface area contributed by atoms with E-state index in [9.17, 15) is 8.42 Å². The van der Waals surface area contributed by atoms with Crippen molar-refractivity contribution in [1.29, 1.82) is 0 Å². The van der Waals surface area contributed by atoms with Crippen LogP contribution in [0.3, 0.4) is 0 Å². The molecule has 2 unspecified atom stereocenters. The van der Waals surface area contributed by atoms with E-state index in [4.69, 9.17) is 9.72 Å².